The third kappa shape index (κ3) is 2.92. The molecule has 2 aromatic carbocycles. The van der Waals surface area contributed by atoms with Crippen LogP contribution in [-0.2, 0) is 11.2 Å². The average Bonchev–Trinajstić information content (AvgIpc) is 2.92. The Bertz CT molecular complexity index is 634. The lowest BCUT2D eigenvalue weighted by molar-refractivity contribution is 0.0526. The summed E-state index contributed by atoms with van der Waals surface area (Å²) in [5, 5.41) is 3.44. The summed E-state index contributed by atoms with van der Waals surface area (Å²) in [7, 11) is 0. The fourth-order valence-corrected chi connectivity index (χ4v) is 2.82. The van der Waals surface area contributed by atoms with E-state index in [0.717, 1.165) is 13.0 Å². The van der Waals surface area contributed by atoms with Gasteiger partial charge in [-0.15, -0.1) is 0 Å². The number of para-hydroxylation sites is 1. The van der Waals surface area contributed by atoms with Crippen molar-refractivity contribution in [3.8, 4) is 0 Å². The molecular formula is C18H19NO2. The molecule has 0 aromatic heterocycles. The molecule has 0 bridgehead atoms. The predicted octanol–water partition coefficient (Wildman–Crippen LogP) is 3.62. The van der Waals surface area contributed by atoms with Crippen LogP contribution in [-0.4, -0.2) is 19.1 Å². The van der Waals surface area contributed by atoms with Crippen molar-refractivity contribution >= 4 is 11.7 Å². The molecule has 1 atom stereocenters. The lowest BCUT2D eigenvalue weighted by atomic mass is 9.93. The smallest absolute Gasteiger partial charge is 0.338 e. The van der Waals surface area contributed by atoms with Crippen molar-refractivity contribution in [2.24, 2.45) is 0 Å². The molecule has 0 aliphatic carbocycles. The molecule has 1 aliphatic rings. The van der Waals surface area contributed by atoms with Gasteiger partial charge in [0.1, 0.15) is 0 Å². The van der Waals surface area contributed by atoms with Crippen LogP contribution in [0.1, 0.15) is 34.3 Å². The summed E-state index contributed by atoms with van der Waals surface area (Å²) in [4.78, 5) is 11.6. The number of ether oxygens (including phenoxy) is 1. The summed E-state index contributed by atoms with van der Waals surface area (Å²) in [5.41, 5.74) is 4.48. The summed E-state index contributed by atoms with van der Waals surface area (Å²) in [6.45, 7) is 3.20. The predicted molar refractivity (Wildman–Crippen MR) is 83.8 cm³/mol. The van der Waals surface area contributed by atoms with Gasteiger partial charge in [-0.3, -0.25) is 0 Å². The first-order valence-corrected chi connectivity index (χ1v) is 7.37. The molecule has 3 nitrogen and oxygen atoms in total. The molecule has 0 spiro atoms. The zero-order valence-corrected chi connectivity index (χ0v) is 12.1. The lowest BCUT2D eigenvalue weighted by Gasteiger charge is -2.10. The van der Waals surface area contributed by atoms with Crippen molar-refractivity contribution < 1.29 is 9.53 Å². The molecule has 0 saturated heterocycles. The lowest BCUT2D eigenvalue weighted by Crippen LogP contribution is -2.07. The highest BCUT2D eigenvalue weighted by molar-refractivity contribution is 5.89. The van der Waals surface area contributed by atoms with Crippen LogP contribution in [0.25, 0.3) is 0 Å². The van der Waals surface area contributed by atoms with Gasteiger partial charge in [-0.05, 0) is 42.7 Å². The molecule has 108 valence electrons. The van der Waals surface area contributed by atoms with Crippen molar-refractivity contribution in [1.29, 1.82) is 0 Å². The number of carbonyl (C=O) groups is 1. The van der Waals surface area contributed by atoms with Gasteiger partial charge >= 0.3 is 5.97 Å². The van der Waals surface area contributed by atoms with Gasteiger partial charge in [0.15, 0.2) is 0 Å². The van der Waals surface area contributed by atoms with Gasteiger partial charge in [-0.2, -0.15) is 0 Å². The number of fused-ring (bicyclic) bond motifs is 1. The molecule has 0 radical (unpaired) electrons. The number of anilines is 1. The number of hydrogen-bond acceptors (Lipinski definition) is 3. The Balaban J connectivity index is 1.71. The van der Waals surface area contributed by atoms with Crippen LogP contribution in [0.2, 0.25) is 0 Å². The molecule has 21 heavy (non-hydrogen) atoms. The van der Waals surface area contributed by atoms with E-state index in [1.54, 1.807) is 0 Å². The summed E-state index contributed by atoms with van der Waals surface area (Å²) >= 11 is 0. The minimum Gasteiger partial charge on any atom is -0.462 e. The molecule has 3 heteroatoms. The van der Waals surface area contributed by atoms with Gasteiger partial charge in [0, 0.05) is 18.2 Å². The number of carbonyl (C=O) groups excluding carboxylic acids is 1. The maximum Gasteiger partial charge on any atom is 0.338 e. The largest absolute Gasteiger partial charge is 0.462 e. The highest BCUT2D eigenvalue weighted by Gasteiger charge is 2.21. The monoisotopic (exact) mass is 281 g/mol. The van der Waals surface area contributed by atoms with E-state index in [-0.39, 0.29) is 5.97 Å². The minimum absolute atomic E-state index is 0.253. The number of benzene rings is 2. The molecule has 0 saturated carbocycles. The van der Waals surface area contributed by atoms with E-state index in [2.05, 4.69) is 29.6 Å². The van der Waals surface area contributed by atoms with E-state index in [1.807, 2.05) is 31.2 Å². The van der Waals surface area contributed by atoms with Crippen LogP contribution < -0.4 is 5.32 Å². The first-order chi connectivity index (χ1) is 10.3. The topological polar surface area (TPSA) is 38.3 Å². The number of hydrogen-bond donors (Lipinski definition) is 1. The molecule has 1 heterocycles. The van der Waals surface area contributed by atoms with Gasteiger partial charge in [0.05, 0.1) is 12.2 Å². The fraction of sp³-hybridized carbons (Fsp3) is 0.278. The Hall–Kier alpha value is -2.29. The maximum atomic E-state index is 11.6. The molecule has 3 rings (SSSR count). The molecule has 1 aliphatic heterocycles. The molecule has 1 N–H and O–H groups in total. The normalized spacial score (nSPS) is 16.1. The highest BCUT2D eigenvalue weighted by atomic mass is 16.5. The van der Waals surface area contributed by atoms with Crippen LogP contribution in [0.3, 0.4) is 0 Å². The van der Waals surface area contributed by atoms with Crippen molar-refractivity contribution in [2.45, 2.75) is 19.3 Å². The second kappa shape index (κ2) is 6.00. The van der Waals surface area contributed by atoms with E-state index in [0.29, 0.717) is 18.1 Å². The molecule has 0 amide bonds. The van der Waals surface area contributed by atoms with Crippen molar-refractivity contribution in [3.05, 3.63) is 65.2 Å². The highest BCUT2D eigenvalue weighted by Crippen LogP contribution is 2.33. The van der Waals surface area contributed by atoms with Crippen LogP contribution in [0.15, 0.2) is 48.5 Å². The molecule has 0 fully saturated rings. The van der Waals surface area contributed by atoms with Crippen LogP contribution in [0.5, 0.6) is 0 Å². The standard InChI is InChI=1S/C18H19NO2/c1-2-21-18(20)14-9-7-13(8-10-14)11-15-12-19-17-6-4-3-5-16(15)17/h3-10,15,19H,2,11-12H2,1H3. The second-order valence-electron chi connectivity index (χ2n) is 5.29. The first-order valence-electron chi connectivity index (χ1n) is 7.37. The van der Waals surface area contributed by atoms with Crippen LogP contribution >= 0.6 is 0 Å². The van der Waals surface area contributed by atoms with Gasteiger partial charge in [0.25, 0.3) is 0 Å². The van der Waals surface area contributed by atoms with Crippen molar-refractivity contribution in [3.63, 3.8) is 0 Å². The van der Waals surface area contributed by atoms with E-state index in [4.69, 9.17) is 4.74 Å². The Morgan fingerprint density at radius 3 is 2.71 bits per heavy atom. The first kappa shape index (κ1) is 13.7. The van der Waals surface area contributed by atoms with Crippen molar-refractivity contribution in [2.75, 3.05) is 18.5 Å². The zero-order chi connectivity index (χ0) is 14.7. The maximum absolute atomic E-state index is 11.6. The third-order valence-electron chi connectivity index (χ3n) is 3.89. The fourth-order valence-electron chi connectivity index (χ4n) is 2.82. The van der Waals surface area contributed by atoms with Crippen LogP contribution in [0, 0.1) is 0 Å². The van der Waals surface area contributed by atoms with E-state index < -0.39 is 0 Å². The number of esters is 1. The van der Waals surface area contributed by atoms with Gasteiger partial charge in [-0.1, -0.05) is 30.3 Å². The quantitative estimate of drug-likeness (QED) is 0.870. The molecule has 2 aromatic rings. The van der Waals surface area contributed by atoms with E-state index in [1.165, 1.54) is 16.8 Å². The minimum atomic E-state index is -0.253. The Morgan fingerprint density at radius 2 is 1.95 bits per heavy atom. The van der Waals surface area contributed by atoms with Crippen LogP contribution in [0.4, 0.5) is 5.69 Å². The number of rotatable bonds is 4. The van der Waals surface area contributed by atoms with E-state index in [9.17, 15) is 4.79 Å². The van der Waals surface area contributed by atoms with Gasteiger partial charge in [0.2, 0.25) is 0 Å². The Labute approximate surface area is 124 Å². The van der Waals surface area contributed by atoms with E-state index >= 15 is 0 Å². The number of nitrogens with one attached hydrogen (secondary N) is 1. The zero-order valence-electron chi connectivity index (χ0n) is 12.1. The average molecular weight is 281 g/mol. The molecule has 1 unspecified atom stereocenters. The van der Waals surface area contributed by atoms with Crippen molar-refractivity contribution in [1.82, 2.24) is 0 Å². The third-order valence-corrected chi connectivity index (χ3v) is 3.89. The summed E-state index contributed by atoms with van der Waals surface area (Å²) < 4.78 is 5.00. The summed E-state index contributed by atoms with van der Waals surface area (Å²) in [6.07, 6.45) is 0.979. The second-order valence-corrected chi connectivity index (χ2v) is 5.29. The summed E-state index contributed by atoms with van der Waals surface area (Å²) in [6, 6.07) is 16.2. The SMILES string of the molecule is CCOC(=O)c1ccc(CC2CNc3ccccc32)cc1. The summed E-state index contributed by atoms with van der Waals surface area (Å²) in [5.74, 6) is 0.242. The van der Waals surface area contributed by atoms with Gasteiger partial charge < -0.3 is 10.1 Å². The van der Waals surface area contributed by atoms with Gasteiger partial charge in [-0.25, -0.2) is 4.79 Å². The molecular weight excluding hydrogens is 262 g/mol. The Kier molecular flexibility index (Phi) is 3.91. The Morgan fingerprint density at radius 1 is 1.19 bits per heavy atom.